The first-order chi connectivity index (χ1) is 7.54. The summed E-state index contributed by atoms with van der Waals surface area (Å²) in [6.07, 6.45) is 0. The smallest absolute Gasteiger partial charge is 0.327 e. The Bertz CT molecular complexity index is 389. The molecule has 1 unspecified atom stereocenters. The maximum atomic E-state index is 10.3. The average Bonchev–Trinajstić information content (AvgIpc) is 2.83. The lowest BCUT2D eigenvalue weighted by Crippen LogP contribution is -2.40. The number of alkyl halides is 1. The summed E-state index contributed by atoms with van der Waals surface area (Å²) in [6.45, 7) is 1.24. The Morgan fingerprint density at radius 3 is 2.12 bits per heavy atom. The van der Waals surface area contributed by atoms with Crippen LogP contribution < -0.4 is 5.32 Å². The van der Waals surface area contributed by atoms with Crippen LogP contribution >= 0.6 is 11.6 Å². The molecule has 0 spiro atoms. The molecular formula is C11H12ClNO3. The van der Waals surface area contributed by atoms with Crippen LogP contribution in [0.25, 0.3) is 11.1 Å². The van der Waals surface area contributed by atoms with Crippen molar-refractivity contribution in [2.45, 2.75) is 13.0 Å². The van der Waals surface area contributed by atoms with E-state index in [9.17, 15) is 9.59 Å². The van der Waals surface area contributed by atoms with Crippen molar-refractivity contribution in [3.05, 3.63) is 24.3 Å². The van der Waals surface area contributed by atoms with E-state index < -0.39 is 17.9 Å². The molecule has 0 saturated carbocycles. The van der Waals surface area contributed by atoms with Crippen LogP contribution in [-0.4, -0.2) is 28.9 Å². The Hall–Kier alpha value is -1.55. The zero-order valence-corrected chi connectivity index (χ0v) is 9.49. The molecule has 5 heteroatoms. The molecule has 1 amide bonds. The zero-order valence-electron chi connectivity index (χ0n) is 8.74. The van der Waals surface area contributed by atoms with Gasteiger partial charge in [-0.1, -0.05) is 18.2 Å². The molecule has 2 aliphatic carbocycles. The van der Waals surface area contributed by atoms with Crippen LogP contribution in [0.5, 0.6) is 0 Å². The molecule has 0 saturated heterocycles. The molecule has 0 radical (unpaired) electrons. The summed E-state index contributed by atoms with van der Waals surface area (Å²) in [6, 6.07) is 7.51. The number of carbonyl (C=O) groups excluding carboxylic acids is 1. The van der Waals surface area contributed by atoms with E-state index >= 15 is 0 Å². The lowest BCUT2D eigenvalue weighted by molar-refractivity contribution is -0.140. The number of nitrogens with one attached hydrogen (secondary N) is 1. The quantitative estimate of drug-likeness (QED) is 0.800. The van der Waals surface area contributed by atoms with E-state index in [1.807, 2.05) is 0 Å². The van der Waals surface area contributed by atoms with Gasteiger partial charge in [0.05, 0.1) is 5.88 Å². The van der Waals surface area contributed by atoms with Gasteiger partial charge in [0.25, 0.3) is 0 Å². The number of carboxylic acid groups (broad SMARTS) is 1. The van der Waals surface area contributed by atoms with Gasteiger partial charge < -0.3 is 10.4 Å². The van der Waals surface area contributed by atoms with E-state index in [-0.39, 0.29) is 5.88 Å². The third kappa shape index (κ3) is 3.90. The van der Waals surface area contributed by atoms with Crippen molar-refractivity contribution in [1.29, 1.82) is 0 Å². The van der Waals surface area contributed by atoms with Crippen molar-refractivity contribution in [2.75, 3.05) is 5.88 Å². The van der Waals surface area contributed by atoms with Crippen LogP contribution in [0.3, 0.4) is 0 Å². The summed E-state index contributed by atoms with van der Waals surface area (Å²) < 4.78 is 0. The van der Waals surface area contributed by atoms with Crippen molar-refractivity contribution in [3.8, 4) is 11.1 Å². The minimum atomic E-state index is -1.12. The minimum Gasteiger partial charge on any atom is -0.480 e. The predicted octanol–water partition coefficient (Wildman–Crippen LogP) is 1.48. The Balaban J connectivity index is 0.000000176. The fraction of sp³-hybridized carbons (Fsp3) is 0.273. The van der Waals surface area contributed by atoms with Crippen molar-refractivity contribution in [2.24, 2.45) is 0 Å². The summed E-state index contributed by atoms with van der Waals surface area (Å²) in [5.41, 5.74) is 2.85. The Morgan fingerprint density at radius 2 is 2.00 bits per heavy atom. The van der Waals surface area contributed by atoms with E-state index in [1.54, 1.807) is 0 Å². The van der Waals surface area contributed by atoms with Crippen LogP contribution in [0.1, 0.15) is 6.92 Å². The Labute approximate surface area is 98.2 Å². The summed E-state index contributed by atoms with van der Waals surface area (Å²) >= 11 is 5.21. The summed E-state index contributed by atoms with van der Waals surface area (Å²) in [5, 5.41) is 10.5. The van der Waals surface area contributed by atoms with E-state index in [0.717, 1.165) is 0 Å². The molecule has 4 nitrogen and oxygen atoms in total. The van der Waals surface area contributed by atoms with Crippen molar-refractivity contribution in [3.63, 3.8) is 0 Å². The number of carbonyl (C=O) groups is 2. The molecule has 86 valence electrons. The van der Waals surface area contributed by atoms with Crippen LogP contribution in [-0.2, 0) is 9.59 Å². The molecule has 0 fully saturated rings. The standard InChI is InChI=1S/C6H4.C5H8ClNO3/c1-2-5-4-6(5)3-1;1-3(8)7-4(2-6)5(9)10/h1-4H;4H,2H2,1H3,(H,7,8)(H,9,10). The molecule has 0 aliphatic heterocycles. The van der Waals surface area contributed by atoms with Gasteiger partial charge in [0, 0.05) is 6.92 Å². The van der Waals surface area contributed by atoms with Gasteiger partial charge >= 0.3 is 5.97 Å². The van der Waals surface area contributed by atoms with Crippen molar-refractivity contribution >= 4 is 23.5 Å². The van der Waals surface area contributed by atoms with E-state index in [4.69, 9.17) is 16.7 Å². The summed E-state index contributed by atoms with van der Waals surface area (Å²) in [5.74, 6) is -1.63. The van der Waals surface area contributed by atoms with Gasteiger partial charge in [-0.25, -0.2) is 4.79 Å². The number of fused-ring (bicyclic) bond motifs is 1. The predicted molar refractivity (Wildman–Crippen MR) is 61.4 cm³/mol. The molecule has 16 heavy (non-hydrogen) atoms. The molecule has 0 heterocycles. The van der Waals surface area contributed by atoms with Crippen LogP contribution in [0.2, 0.25) is 0 Å². The number of carboxylic acids is 1. The zero-order chi connectivity index (χ0) is 12.1. The molecule has 0 bridgehead atoms. The van der Waals surface area contributed by atoms with E-state index in [2.05, 4.69) is 29.6 Å². The average molecular weight is 242 g/mol. The van der Waals surface area contributed by atoms with E-state index in [1.165, 1.54) is 18.1 Å². The van der Waals surface area contributed by atoms with Gasteiger partial charge in [-0.05, 0) is 17.2 Å². The first-order valence-electron chi connectivity index (χ1n) is 4.71. The van der Waals surface area contributed by atoms with Gasteiger partial charge in [-0.3, -0.25) is 4.79 Å². The highest BCUT2D eigenvalue weighted by Gasteiger charge is 2.15. The van der Waals surface area contributed by atoms with Gasteiger partial charge in [-0.15, -0.1) is 11.6 Å². The SMILES string of the molecule is CC(=O)NC(CCl)C(=O)O.c1cc2cc-2c1. The lowest BCUT2D eigenvalue weighted by Gasteiger charge is -2.07. The Morgan fingerprint density at radius 1 is 1.44 bits per heavy atom. The molecule has 2 aliphatic rings. The van der Waals surface area contributed by atoms with Crippen LogP contribution in [0, 0.1) is 0 Å². The number of halogens is 1. The largest absolute Gasteiger partial charge is 0.480 e. The molecule has 0 aromatic rings. The van der Waals surface area contributed by atoms with Crippen LogP contribution in [0.4, 0.5) is 0 Å². The van der Waals surface area contributed by atoms with Crippen molar-refractivity contribution < 1.29 is 14.7 Å². The minimum absolute atomic E-state index is 0.116. The number of aliphatic carboxylic acids is 1. The Kier molecular flexibility index (Phi) is 4.31. The molecular weight excluding hydrogens is 230 g/mol. The molecule has 2 rings (SSSR count). The molecule has 0 aromatic carbocycles. The molecule has 2 N–H and O–H groups in total. The van der Waals surface area contributed by atoms with E-state index in [0.29, 0.717) is 0 Å². The summed E-state index contributed by atoms with van der Waals surface area (Å²) in [7, 11) is 0. The maximum Gasteiger partial charge on any atom is 0.327 e. The van der Waals surface area contributed by atoms with Crippen LogP contribution in [0.15, 0.2) is 24.3 Å². The van der Waals surface area contributed by atoms with Gasteiger partial charge in [0.2, 0.25) is 5.91 Å². The molecule has 0 aromatic heterocycles. The second kappa shape index (κ2) is 5.51. The first-order valence-corrected chi connectivity index (χ1v) is 5.24. The second-order valence-electron chi connectivity index (χ2n) is 3.33. The van der Waals surface area contributed by atoms with Gasteiger partial charge in [0.1, 0.15) is 6.04 Å². The monoisotopic (exact) mass is 241 g/mol. The third-order valence-corrected chi connectivity index (χ3v) is 2.25. The van der Waals surface area contributed by atoms with Crippen molar-refractivity contribution in [1.82, 2.24) is 5.32 Å². The fourth-order valence-electron chi connectivity index (χ4n) is 1.09. The number of benzene rings is 1. The second-order valence-corrected chi connectivity index (χ2v) is 3.64. The summed E-state index contributed by atoms with van der Waals surface area (Å²) in [4.78, 5) is 20.5. The highest BCUT2D eigenvalue weighted by Crippen LogP contribution is 2.32. The third-order valence-electron chi connectivity index (χ3n) is 1.94. The molecule has 1 atom stereocenters. The number of rotatable bonds is 3. The lowest BCUT2D eigenvalue weighted by atomic mass is 10.3. The first kappa shape index (κ1) is 12.5. The number of hydrogen-bond donors (Lipinski definition) is 2. The fourth-order valence-corrected chi connectivity index (χ4v) is 1.30. The topological polar surface area (TPSA) is 66.4 Å². The highest BCUT2D eigenvalue weighted by atomic mass is 35.5. The number of amides is 1. The number of hydrogen-bond acceptors (Lipinski definition) is 2. The van der Waals surface area contributed by atoms with Gasteiger partial charge in [-0.2, -0.15) is 0 Å². The maximum absolute atomic E-state index is 10.3. The normalized spacial score (nSPS) is 11.9. The van der Waals surface area contributed by atoms with Gasteiger partial charge in [0.15, 0.2) is 0 Å². The highest BCUT2D eigenvalue weighted by molar-refractivity contribution is 6.19.